The van der Waals surface area contributed by atoms with Gasteiger partial charge in [-0.15, -0.1) is 0 Å². The summed E-state index contributed by atoms with van der Waals surface area (Å²) in [6.45, 7) is 1.69. The molecule has 0 saturated carbocycles. The molecule has 0 atom stereocenters. The Morgan fingerprint density at radius 1 is 1.21 bits per heavy atom. The van der Waals surface area contributed by atoms with Crippen molar-refractivity contribution in [3.63, 3.8) is 0 Å². The van der Waals surface area contributed by atoms with E-state index < -0.39 is 11.7 Å². The smallest absolute Gasteiger partial charge is 0.416 e. The minimum atomic E-state index is -4.40. The van der Waals surface area contributed by atoms with Gasteiger partial charge in [-0.3, -0.25) is 4.79 Å². The van der Waals surface area contributed by atoms with Gasteiger partial charge in [-0.25, -0.2) is 0 Å². The van der Waals surface area contributed by atoms with Crippen molar-refractivity contribution in [1.82, 2.24) is 0 Å². The largest absolute Gasteiger partial charge is 0.453 e. The average molecular weight is 268 g/mol. The minimum absolute atomic E-state index is 0.162. The summed E-state index contributed by atoms with van der Waals surface area (Å²) < 4.78 is 43.0. The Labute approximate surface area is 107 Å². The van der Waals surface area contributed by atoms with Crippen LogP contribution in [0.5, 0.6) is 0 Å². The Balaban J connectivity index is 2.37. The normalized spacial score (nSPS) is 11.6. The van der Waals surface area contributed by atoms with Crippen LogP contribution in [-0.2, 0) is 6.18 Å². The van der Waals surface area contributed by atoms with Crippen LogP contribution in [0.1, 0.15) is 29.5 Å². The zero-order valence-electron chi connectivity index (χ0n) is 10.1. The molecule has 0 bridgehead atoms. The van der Waals surface area contributed by atoms with E-state index in [1.807, 2.05) is 0 Å². The minimum Gasteiger partial charge on any atom is -0.453 e. The summed E-state index contributed by atoms with van der Waals surface area (Å²) in [5.74, 6) is 0.232. The van der Waals surface area contributed by atoms with E-state index in [0.29, 0.717) is 5.56 Å². The Kier molecular flexibility index (Phi) is 3.46. The van der Waals surface area contributed by atoms with Crippen molar-refractivity contribution in [1.29, 1.82) is 0 Å². The van der Waals surface area contributed by atoms with Gasteiger partial charge in [-0.2, -0.15) is 13.2 Å². The predicted octanol–water partition coefficient (Wildman–Crippen LogP) is 4.56. The molecule has 1 aromatic carbocycles. The maximum atomic E-state index is 12.6. The molecule has 100 valence electrons. The second kappa shape index (κ2) is 4.91. The SMILES string of the molecule is CCC(=O)c1ccc(-c2cccc(C(F)(F)F)c2)o1. The number of halogens is 3. The molecule has 2 aromatic rings. The van der Waals surface area contributed by atoms with Gasteiger partial charge in [0.1, 0.15) is 5.76 Å². The third-order valence-electron chi connectivity index (χ3n) is 2.68. The van der Waals surface area contributed by atoms with Crippen LogP contribution in [0.15, 0.2) is 40.8 Å². The maximum absolute atomic E-state index is 12.6. The van der Waals surface area contributed by atoms with Crippen molar-refractivity contribution in [3.8, 4) is 11.3 Å². The molecular weight excluding hydrogens is 257 g/mol. The summed E-state index contributed by atoms with van der Waals surface area (Å²) in [5.41, 5.74) is -0.449. The van der Waals surface area contributed by atoms with E-state index in [4.69, 9.17) is 4.42 Å². The molecule has 0 fully saturated rings. The first-order valence-electron chi connectivity index (χ1n) is 5.72. The summed E-state index contributed by atoms with van der Waals surface area (Å²) in [5, 5.41) is 0. The Morgan fingerprint density at radius 2 is 1.95 bits per heavy atom. The van der Waals surface area contributed by atoms with Gasteiger partial charge in [0, 0.05) is 12.0 Å². The molecule has 1 heterocycles. The van der Waals surface area contributed by atoms with Gasteiger partial charge in [0.2, 0.25) is 0 Å². The second-order valence-corrected chi connectivity index (χ2v) is 4.02. The number of carbonyl (C=O) groups is 1. The number of alkyl halides is 3. The van der Waals surface area contributed by atoms with E-state index >= 15 is 0 Å². The molecule has 2 rings (SSSR count). The van der Waals surface area contributed by atoms with E-state index in [0.717, 1.165) is 12.1 Å². The number of hydrogen-bond donors (Lipinski definition) is 0. The standard InChI is InChI=1S/C14H11F3O2/c1-2-11(18)13-7-6-12(19-13)9-4-3-5-10(8-9)14(15,16)17/h3-8H,2H2,1H3. The molecule has 0 aliphatic carbocycles. The third-order valence-corrected chi connectivity index (χ3v) is 2.68. The van der Waals surface area contributed by atoms with Gasteiger partial charge in [0.15, 0.2) is 11.5 Å². The van der Waals surface area contributed by atoms with E-state index in [9.17, 15) is 18.0 Å². The highest BCUT2D eigenvalue weighted by atomic mass is 19.4. The van der Waals surface area contributed by atoms with Gasteiger partial charge in [0.05, 0.1) is 5.56 Å². The van der Waals surface area contributed by atoms with E-state index in [2.05, 4.69) is 0 Å². The Bertz CT molecular complexity index is 597. The molecular formula is C14H11F3O2. The van der Waals surface area contributed by atoms with Crippen molar-refractivity contribution in [2.24, 2.45) is 0 Å². The molecule has 0 aliphatic rings. The quantitative estimate of drug-likeness (QED) is 0.764. The van der Waals surface area contributed by atoms with Crippen molar-refractivity contribution in [2.45, 2.75) is 19.5 Å². The van der Waals surface area contributed by atoms with Crippen molar-refractivity contribution in [2.75, 3.05) is 0 Å². The third kappa shape index (κ3) is 2.86. The monoisotopic (exact) mass is 268 g/mol. The highest BCUT2D eigenvalue weighted by Gasteiger charge is 2.30. The summed E-state index contributed by atoms with van der Waals surface area (Å²) in [6, 6.07) is 7.78. The lowest BCUT2D eigenvalue weighted by atomic mass is 10.1. The number of rotatable bonds is 3. The summed E-state index contributed by atoms with van der Waals surface area (Å²) in [6.07, 6.45) is -4.11. The molecule has 0 N–H and O–H groups in total. The average Bonchev–Trinajstić information content (AvgIpc) is 2.86. The lowest BCUT2D eigenvalue weighted by molar-refractivity contribution is -0.137. The van der Waals surface area contributed by atoms with Crippen molar-refractivity contribution in [3.05, 3.63) is 47.7 Å². The fraction of sp³-hybridized carbons (Fsp3) is 0.214. The van der Waals surface area contributed by atoms with Crippen LogP contribution < -0.4 is 0 Å². The van der Waals surface area contributed by atoms with Crippen LogP contribution in [0.2, 0.25) is 0 Å². The highest BCUT2D eigenvalue weighted by Crippen LogP contribution is 2.32. The number of ketones is 1. The van der Waals surface area contributed by atoms with E-state index in [-0.39, 0.29) is 23.7 Å². The number of hydrogen-bond acceptors (Lipinski definition) is 2. The van der Waals surface area contributed by atoms with Crippen LogP contribution in [0.25, 0.3) is 11.3 Å². The van der Waals surface area contributed by atoms with Crippen molar-refractivity contribution >= 4 is 5.78 Å². The van der Waals surface area contributed by atoms with Crippen LogP contribution in [0, 0.1) is 0 Å². The van der Waals surface area contributed by atoms with Crippen LogP contribution in [0.3, 0.4) is 0 Å². The van der Waals surface area contributed by atoms with Gasteiger partial charge >= 0.3 is 6.18 Å². The summed E-state index contributed by atoms with van der Waals surface area (Å²) >= 11 is 0. The highest BCUT2D eigenvalue weighted by molar-refractivity contribution is 5.93. The van der Waals surface area contributed by atoms with Crippen molar-refractivity contribution < 1.29 is 22.4 Å². The number of carbonyl (C=O) groups excluding carboxylic acids is 1. The maximum Gasteiger partial charge on any atom is 0.416 e. The Morgan fingerprint density at radius 3 is 2.58 bits per heavy atom. The number of benzene rings is 1. The topological polar surface area (TPSA) is 30.2 Å². The summed E-state index contributed by atoms with van der Waals surface area (Å²) in [7, 11) is 0. The number of furan rings is 1. The first kappa shape index (κ1) is 13.4. The zero-order chi connectivity index (χ0) is 14.0. The lowest BCUT2D eigenvalue weighted by Gasteiger charge is -2.07. The molecule has 0 aliphatic heterocycles. The Hall–Kier alpha value is -2.04. The van der Waals surface area contributed by atoms with Crippen LogP contribution in [0.4, 0.5) is 13.2 Å². The van der Waals surface area contributed by atoms with Crippen LogP contribution in [-0.4, -0.2) is 5.78 Å². The predicted molar refractivity (Wildman–Crippen MR) is 63.8 cm³/mol. The first-order valence-corrected chi connectivity index (χ1v) is 5.72. The van der Waals surface area contributed by atoms with E-state index in [1.54, 1.807) is 6.92 Å². The molecule has 2 nitrogen and oxygen atoms in total. The summed E-state index contributed by atoms with van der Waals surface area (Å²) in [4.78, 5) is 11.4. The van der Waals surface area contributed by atoms with Gasteiger partial charge in [0.25, 0.3) is 0 Å². The molecule has 19 heavy (non-hydrogen) atoms. The van der Waals surface area contributed by atoms with Gasteiger partial charge < -0.3 is 4.42 Å². The zero-order valence-corrected chi connectivity index (χ0v) is 10.1. The number of Topliss-reactive ketones (excluding diaryl/α,β-unsaturated/α-hetero) is 1. The molecule has 5 heteroatoms. The molecule has 0 amide bonds. The van der Waals surface area contributed by atoms with Crippen LogP contribution >= 0.6 is 0 Å². The molecule has 1 aromatic heterocycles. The second-order valence-electron chi connectivity index (χ2n) is 4.02. The lowest BCUT2D eigenvalue weighted by Crippen LogP contribution is -2.04. The molecule has 0 radical (unpaired) electrons. The first-order chi connectivity index (χ1) is 8.91. The molecule has 0 saturated heterocycles. The molecule has 0 unspecified atom stereocenters. The fourth-order valence-corrected chi connectivity index (χ4v) is 1.67. The van der Waals surface area contributed by atoms with Gasteiger partial charge in [-0.1, -0.05) is 19.1 Å². The molecule has 0 spiro atoms. The van der Waals surface area contributed by atoms with Gasteiger partial charge in [-0.05, 0) is 24.3 Å². The fourth-order valence-electron chi connectivity index (χ4n) is 1.67. The van der Waals surface area contributed by atoms with E-state index in [1.165, 1.54) is 24.3 Å².